The molecule has 2 aromatic carbocycles. The summed E-state index contributed by atoms with van der Waals surface area (Å²) < 4.78 is 7.14. The van der Waals surface area contributed by atoms with E-state index in [9.17, 15) is 5.11 Å². The zero-order chi connectivity index (χ0) is 18.4. The molecule has 9 heteroatoms. The molecule has 0 aliphatic rings. The Balaban J connectivity index is 0.00000261. The Kier molecular flexibility index (Phi) is 7.99. The van der Waals surface area contributed by atoms with Gasteiger partial charge in [0.25, 0.3) is 0 Å². The molecule has 3 rings (SSSR count). The maximum Gasteiger partial charge on any atom is 0.143 e. The normalized spacial score (nSPS) is 12.9. The first-order valence-corrected chi connectivity index (χ1v) is 8.63. The minimum absolute atomic E-state index is 0. The van der Waals surface area contributed by atoms with E-state index in [0.717, 1.165) is 11.3 Å². The number of aliphatic hydroxyl groups is 1. The third-order valence-corrected chi connectivity index (χ3v) is 4.17. The number of rotatable bonds is 8. The molecule has 0 fully saturated rings. The lowest BCUT2D eigenvalue weighted by Crippen LogP contribution is -2.33. The third kappa shape index (κ3) is 6.18. The van der Waals surface area contributed by atoms with Crippen molar-refractivity contribution in [3.63, 3.8) is 0 Å². The van der Waals surface area contributed by atoms with E-state index in [4.69, 9.17) is 16.3 Å². The molecule has 0 saturated heterocycles. The molecule has 0 aliphatic carbocycles. The van der Waals surface area contributed by atoms with Gasteiger partial charge in [-0.25, -0.2) is 4.68 Å². The van der Waals surface area contributed by atoms with E-state index in [1.165, 1.54) is 0 Å². The van der Waals surface area contributed by atoms with Gasteiger partial charge in [-0.15, -0.1) is 17.5 Å². The molecule has 0 spiro atoms. The number of ether oxygens (including phenoxy) is 1. The lowest BCUT2D eigenvalue weighted by molar-refractivity contribution is 0.104. The summed E-state index contributed by atoms with van der Waals surface area (Å²) in [6.07, 6.45) is 0.932. The lowest BCUT2D eigenvalue weighted by Gasteiger charge is -2.18. The van der Waals surface area contributed by atoms with E-state index in [-0.39, 0.29) is 25.1 Å². The van der Waals surface area contributed by atoms with E-state index in [2.05, 4.69) is 20.8 Å². The highest BCUT2D eigenvalue weighted by atomic mass is 35.5. The minimum Gasteiger partial charge on any atom is -0.491 e. The van der Waals surface area contributed by atoms with Crippen LogP contribution in [0.15, 0.2) is 54.9 Å². The van der Waals surface area contributed by atoms with E-state index in [0.29, 0.717) is 17.3 Å². The highest BCUT2D eigenvalue weighted by Crippen LogP contribution is 2.16. The fraction of sp³-hybridized carbons (Fsp3) is 0.278. The van der Waals surface area contributed by atoms with Gasteiger partial charge in [0.05, 0.1) is 5.69 Å². The Hall–Kier alpha value is -2.19. The summed E-state index contributed by atoms with van der Waals surface area (Å²) in [6, 6.07) is 15.0. The largest absolute Gasteiger partial charge is 0.491 e. The third-order valence-electron chi connectivity index (χ3n) is 3.92. The molecule has 2 N–H and O–H groups in total. The summed E-state index contributed by atoms with van der Waals surface area (Å²) >= 11 is 5.83. The van der Waals surface area contributed by atoms with Crippen LogP contribution in [0.4, 0.5) is 0 Å². The van der Waals surface area contributed by atoms with Gasteiger partial charge in [0.2, 0.25) is 0 Å². The molecule has 2 unspecified atom stereocenters. The second-order valence-electron chi connectivity index (χ2n) is 5.89. The summed E-state index contributed by atoms with van der Waals surface area (Å²) in [6.45, 7) is 2.67. The van der Waals surface area contributed by atoms with E-state index < -0.39 is 6.10 Å². The summed E-state index contributed by atoms with van der Waals surface area (Å²) in [5.41, 5.74) is 2.00. The quantitative estimate of drug-likeness (QED) is 0.594. The number of hydrogen-bond acceptors (Lipinski definition) is 6. The Morgan fingerprint density at radius 2 is 1.85 bits per heavy atom. The number of nitrogens with one attached hydrogen (secondary N) is 1. The molecule has 7 nitrogen and oxygen atoms in total. The van der Waals surface area contributed by atoms with Crippen LogP contribution in [0.25, 0.3) is 5.69 Å². The molecular formula is C18H21Cl2N5O2. The van der Waals surface area contributed by atoms with Crippen LogP contribution in [0.3, 0.4) is 0 Å². The maximum absolute atomic E-state index is 10.1. The topological polar surface area (TPSA) is 85.1 Å². The molecule has 0 bridgehead atoms. The summed E-state index contributed by atoms with van der Waals surface area (Å²) in [5.74, 6) is 0.680. The SMILES string of the molecule is CC(NCC(O)COc1ccc(Cl)cc1)c1ccc(-n2cnnn2)cc1.Cl. The predicted molar refractivity (Wildman–Crippen MR) is 106 cm³/mol. The van der Waals surface area contributed by atoms with E-state index in [1.54, 1.807) is 35.3 Å². The molecule has 27 heavy (non-hydrogen) atoms. The van der Waals surface area contributed by atoms with E-state index in [1.807, 2.05) is 31.2 Å². The van der Waals surface area contributed by atoms with Crippen LogP contribution in [0, 0.1) is 0 Å². The fourth-order valence-electron chi connectivity index (χ4n) is 2.41. The zero-order valence-corrected chi connectivity index (χ0v) is 16.3. The molecule has 2 atom stereocenters. The predicted octanol–water partition coefficient (Wildman–Crippen LogP) is 2.83. The first-order valence-electron chi connectivity index (χ1n) is 8.25. The van der Waals surface area contributed by atoms with Crippen molar-refractivity contribution < 1.29 is 9.84 Å². The second kappa shape index (κ2) is 10.2. The molecule has 0 radical (unpaired) electrons. The van der Waals surface area contributed by atoms with Crippen molar-refractivity contribution in [2.75, 3.05) is 13.2 Å². The van der Waals surface area contributed by atoms with Crippen LogP contribution in [0.2, 0.25) is 5.02 Å². The van der Waals surface area contributed by atoms with Crippen molar-refractivity contribution in [2.45, 2.75) is 19.1 Å². The van der Waals surface area contributed by atoms with Crippen molar-refractivity contribution in [3.8, 4) is 11.4 Å². The fourth-order valence-corrected chi connectivity index (χ4v) is 2.53. The van der Waals surface area contributed by atoms with Crippen LogP contribution in [0.5, 0.6) is 5.75 Å². The van der Waals surface area contributed by atoms with Gasteiger partial charge in [0.1, 0.15) is 24.8 Å². The standard InChI is InChI=1S/C18H20ClN5O2.ClH/c1-13(14-2-6-16(7-3-14)24-12-21-22-23-24)20-10-17(25)11-26-18-8-4-15(19)5-9-18;/h2-9,12-13,17,20,25H,10-11H2,1H3;1H. The number of halogens is 2. The monoisotopic (exact) mass is 409 g/mol. The summed E-state index contributed by atoms with van der Waals surface area (Å²) in [5, 5.41) is 25.1. The number of hydrogen-bond donors (Lipinski definition) is 2. The molecule has 3 aromatic rings. The smallest absolute Gasteiger partial charge is 0.143 e. The first kappa shape index (κ1) is 21.1. The average Bonchev–Trinajstić information content (AvgIpc) is 3.20. The number of benzene rings is 2. The molecule has 0 amide bonds. The van der Waals surface area contributed by atoms with Gasteiger partial charge in [-0.05, 0) is 59.3 Å². The van der Waals surface area contributed by atoms with Gasteiger partial charge in [0.15, 0.2) is 0 Å². The summed E-state index contributed by atoms with van der Waals surface area (Å²) in [7, 11) is 0. The number of tetrazole rings is 1. The Labute approximate surface area is 168 Å². The molecule has 1 heterocycles. The highest BCUT2D eigenvalue weighted by molar-refractivity contribution is 6.30. The summed E-state index contributed by atoms with van der Waals surface area (Å²) in [4.78, 5) is 0. The van der Waals surface area contributed by atoms with Gasteiger partial charge >= 0.3 is 0 Å². The van der Waals surface area contributed by atoms with Crippen molar-refractivity contribution >= 4 is 24.0 Å². The van der Waals surface area contributed by atoms with Crippen LogP contribution >= 0.6 is 24.0 Å². The Morgan fingerprint density at radius 3 is 2.48 bits per heavy atom. The van der Waals surface area contributed by atoms with Gasteiger partial charge in [-0.2, -0.15) is 0 Å². The van der Waals surface area contributed by atoms with Crippen molar-refractivity contribution in [3.05, 3.63) is 65.4 Å². The van der Waals surface area contributed by atoms with Crippen LogP contribution in [0.1, 0.15) is 18.5 Å². The van der Waals surface area contributed by atoms with E-state index >= 15 is 0 Å². The van der Waals surface area contributed by atoms with Gasteiger partial charge in [0, 0.05) is 17.6 Å². The van der Waals surface area contributed by atoms with Crippen molar-refractivity contribution in [2.24, 2.45) is 0 Å². The molecule has 0 saturated carbocycles. The van der Waals surface area contributed by atoms with Gasteiger partial charge in [-0.1, -0.05) is 23.7 Å². The Bertz CT molecular complexity index is 798. The van der Waals surface area contributed by atoms with Crippen LogP contribution in [-0.2, 0) is 0 Å². The number of aromatic nitrogens is 4. The average molecular weight is 410 g/mol. The number of aliphatic hydroxyl groups excluding tert-OH is 1. The van der Waals surface area contributed by atoms with Gasteiger partial charge in [-0.3, -0.25) is 0 Å². The second-order valence-corrected chi connectivity index (χ2v) is 6.33. The number of nitrogens with zero attached hydrogens (tertiary/aromatic N) is 4. The van der Waals surface area contributed by atoms with Gasteiger partial charge < -0.3 is 15.2 Å². The minimum atomic E-state index is -0.617. The molecule has 0 aliphatic heterocycles. The highest BCUT2D eigenvalue weighted by Gasteiger charge is 2.10. The molecular weight excluding hydrogens is 389 g/mol. The zero-order valence-electron chi connectivity index (χ0n) is 14.7. The maximum atomic E-state index is 10.1. The Morgan fingerprint density at radius 1 is 1.15 bits per heavy atom. The van der Waals surface area contributed by atoms with Crippen molar-refractivity contribution in [1.82, 2.24) is 25.5 Å². The van der Waals surface area contributed by atoms with Crippen molar-refractivity contribution in [1.29, 1.82) is 0 Å². The van der Waals surface area contributed by atoms with Crippen LogP contribution < -0.4 is 10.1 Å². The molecule has 1 aromatic heterocycles. The lowest BCUT2D eigenvalue weighted by atomic mass is 10.1. The first-order chi connectivity index (χ1) is 12.6. The van der Waals surface area contributed by atoms with Crippen LogP contribution in [-0.4, -0.2) is 44.6 Å². The molecule has 144 valence electrons.